The average molecular weight is 507 g/mol. The highest BCUT2D eigenvalue weighted by Crippen LogP contribution is 2.29. The summed E-state index contributed by atoms with van der Waals surface area (Å²) in [6, 6.07) is 12.4. The molecule has 192 valence electrons. The molecule has 0 aliphatic carbocycles. The van der Waals surface area contributed by atoms with Crippen LogP contribution in [0.2, 0.25) is 0 Å². The molecule has 3 rings (SSSR count). The molecule has 0 fully saturated rings. The molecule has 2 aromatic carbocycles. The highest BCUT2D eigenvalue weighted by atomic mass is 19.4. The standard InChI is InChI=1S/C25H25F4N3O4/c1-35-14-12-31(24(34)30-21-10-6-19(7-11-21)25(27,28)29)17-23(33)32(16-22-3-2-13-36-22)15-18-4-8-20(26)9-5-18/h2-11,13H,12,14-17H2,1H3,(H,30,34). The van der Waals surface area contributed by atoms with E-state index in [1.165, 1.54) is 35.3 Å². The van der Waals surface area contributed by atoms with Crippen molar-refractivity contribution in [2.24, 2.45) is 0 Å². The molecular weight excluding hydrogens is 482 g/mol. The van der Waals surface area contributed by atoms with Crippen LogP contribution >= 0.6 is 0 Å². The van der Waals surface area contributed by atoms with Gasteiger partial charge in [0.15, 0.2) is 0 Å². The van der Waals surface area contributed by atoms with Gasteiger partial charge in [-0.05, 0) is 54.1 Å². The summed E-state index contributed by atoms with van der Waals surface area (Å²) in [7, 11) is 1.44. The van der Waals surface area contributed by atoms with Crippen LogP contribution in [0.4, 0.5) is 28.0 Å². The van der Waals surface area contributed by atoms with Gasteiger partial charge in [0, 0.05) is 25.9 Å². The summed E-state index contributed by atoms with van der Waals surface area (Å²) in [5.41, 5.74) is -0.0307. The normalized spacial score (nSPS) is 11.2. The van der Waals surface area contributed by atoms with Gasteiger partial charge in [-0.3, -0.25) is 4.79 Å². The number of hydrogen-bond donors (Lipinski definition) is 1. The van der Waals surface area contributed by atoms with E-state index in [-0.39, 0.29) is 38.5 Å². The number of rotatable bonds is 10. The third kappa shape index (κ3) is 7.84. The topological polar surface area (TPSA) is 75.0 Å². The van der Waals surface area contributed by atoms with E-state index in [4.69, 9.17) is 9.15 Å². The smallest absolute Gasteiger partial charge is 0.416 e. The molecule has 36 heavy (non-hydrogen) atoms. The summed E-state index contributed by atoms with van der Waals surface area (Å²) >= 11 is 0. The average Bonchev–Trinajstić information content (AvgIpc) is 3.35. The molecule has 0 aliphatic rings. The van der Waals surface area contributed by atoms with Crippen LogP contribution in [0.1, 0.15) is 16.9 Å². The summed E-state index contributed by atoms with van der Waals surface area (Å²) in [5, 5.41) is 2.51. The second-order valence-corrected chi connectivity index (χ2v) is 7.88. The van der Waals surface area contributed by atoms with Crippen LogP contribution in [-0.4, -0.2) is 48.5 Å². The van der Waals surface area contributed by atoms with Crippen LogP contribution in [0.15, 0.2) is 71.3 Å². The number of furan rings is 1. The zero-order valence-electron chi connectivity index (χ0n) is 19.4. The monoisotopic (exact) mass is 507 g/mol. The molecular formula is C25H25F4N3O4. The van der Waals surface area contributed by atoms with Gasteiger partial charge in [-0.25, -0.2) is 9.18 Å². The fraction of sp³-hybridized carbons (Fsp3) is 0.280. The lowest BCUT2D eigenvalue weighted by Crippen LogP contribution is -2.45. The van der Waals surface area contributed by atoms with Crippen LogP contribution in [0.5, 0.6) is 0 Å². The Labute approximate surface area is 205 Å². The van der Waals surface area contributed by atoms with Gasteiger partial charge in [0.05, 0.1) is 25.0 Å². The van der Waals surface area contributed by atoms with Crippen molar-refractivity contribution in [2.45, 2.75) is 19.3 Å². The molecule has 0 spiro atoms. The van der Waals surface area contributed by atoms with Crippen molar-refractivity contribution >= 4 is 17.6 Å². The summed E-state index contributed by atoms with van der Waals surface area (Å²) in [6.45, 7) is 0.0990. The molecule has 0 radical (unpaired) electrons. The second-order valence-electron chi connectivity index (χ2n) is 7.88. The lowest BCUT2D eigenvalue weighted by atomic mass is 10.2. The number of carbonyl (C=O) groups is 2. The Morgan fingerprint density at radius 3 is 2.25 bits per heavy atom. The number of benzene rings is 2. The number of urea groups is 1. The van der Waals surface area contributed by atoms with E-state index in [0.29, 0.717) is 11.3 Å². The van der Waals surface area contributed by atoms with Crippen molar-refractivity contribution in [3.05, 3.63) is 89.6 Å². The fourth-order valence-electron chi connectivity index (χ4n) is 3.30. The van der Waals surface area contributed by atoms with Gasteiger partial charge in [-0.2, -0.15) is 13.2 Å². The van der Waals surface area contributed by atoms with Crippen molar-refractivity contribution in [3.8, 4) is 0 Å². The molecule has 1 heterocycles. The fourth-order valence-corrected chi connectivity index (χ4v) is 3.30. The zero-order valence-corrected chi connectivity index (χ0v) is 19.4. The lowest BCUT2D eigenvalue weighted by Gasteiger charge is -2.27. The van der Waals surface area contributed by atoms with E-state index in [1.54, 1.807) is 24.3 Å². The quantitative estimate of drug-likeness (QED) is 0.386. The minimum atomic E-state index is -4.50. The Kier molecular flexibility index (Phi) is 9.07. The number of nitrogens with one attached hydrogen (secondary N) is 1. The Morgan fingerprint density at radius 1 is 0.972 bits per heavy atom. The van der Waals surface area contributed by atoms with Crippen molar-refractivity contribution in [3.63, 3.8) is 0 Å². The highest BCUT2D eigenvalue weighted by Gasteiger charge is 2.30. The molecule has 3 aromatic rings. The first-order valence-corrected chi connectivity index (χ1v) is 10.9. The summed E-state index contributed by atoms with van der Waals surface area (Å²) in [4.78, 5) is 28.8. The maximum atomic E-state index is 13.3. The first-order chi connectivity index (χ1) is 17.2. The van der Waals surface area contributed by atoms with Crippen molar-refractivity contribution < 1.29 is 36.3 Å². The predicted molar refractivity (Wildman–Crippen MR) is 123 cm³/mol. The van der Waals surface area contributed by atoms with E-state index in [9.17, 15) is 27.2 Å². The molecule has 11 heteroatoms. The SMILES string of the molecule is COCCN(CC(=O)N(Cc1ccc(F)cc1)Cc1ccco1)C(=O)Nc1ccc(C(F)(F)F)cc1. The summed E-state index contributed by atoms with van der Waals surface area (Å²) < 4.78 is 62.1. The third-order valence-corrected chi connectivity index (χ3v) is 5.21. The van der Waals surface area contributed by atoms with Crippen LogP contribution in [0.3, 0.4) is 0 Å². The van der Waals surface area contributed by atoms with Crippen molar-refractivity contribution in [1.82, 2.24) is 9.80 Å². The Morgan fingerprint density at radius 2 is 1.67 bits per heavy atom. The van der Waals surface area contributed by atoms with Gasteiger partial charge >= 0.3 is 12.2 Å². The molecule has 0 saturated carbocycles. The number of ether oxygens (including phenoxy) is 1. The van der Waals surface area contributed by atoms with Crippen molar-refractivity contribution in [2.75, 3.05) is 32.1 Å². The van der Waals surface area contributed by atoms with Crippen LogP contribution in [0.25, 0.3) is 0 Å². The van der Waals surface area contributed by atoms with E-state index >= 15 is 0 Å². The van der Waals surface area contributed by atoms with E-state index in [1.807, 2.05) is 0 Å². The number of nitrogens with zero attached hydrogens (tertiary/aromatic N) is 2. The van der Waals surface area contributed by atoms with Crippen LogP contribution < -0.4 is 5.32 Å². The molecule has 0 atom stereocenters. The maximum absolute atomic E-state index is 13.3. The first kappa shape index (κ1) is 26.7. The summed E-state index contributed by atoms with van der Waals surface area (Å²) in [6.07, 6.45) is -3.03. The first-order valence-electron chi connectivity index (χ1n) is 10.9. The lowest BCUT2D eigenvalue weighted by molar-refractivity contribution is -0.137. The molecule has 0 bridgehead atoms. The van der Waals surface area contributed by atoms with E-state index in [2.05, 4.69) is 5.32 Å². The second kappa shape index (κ2) is 12.2. The number of carbonyl (C=O) groups excluding carboxylic acids is 2. The number of amides is 3. The number of methoxy groups -OCH3 is 1. The van der Waals surface area contributed by atoms with Gasteiger partial charge < -0.3 is 24.3 Å². The highest BCUT2D eigenvalue weighted by molar-refractivity contribution is 5.92. The van der Waals surface area contributed by atoms with Gasteiger partial charge in [-0.15, -0.1) is 0 Å². The number of alkyl halides is 3. The minimum Gasteiger partial charge on any atom is -0.467 e. The summed E-state index contributed by atoms with van der Waals surface area (Å²) in [5.74, 6) is -0.314. The molecule has 0 saturated heterocycles. The van der Waals surface area contributed by atoms with Gasteiger partial charge in [0.1, 0.15) is 18.1 Å². The number of halogens is 4. The van der Waals surface area contributed by atoms with Crippen LogP contribution in [-0.2, 0) is 28.8 Å². The number of hydrogen-bond acceptors (Lipinski definition) is 4. The maximum Gasteiger partial charge on any atom is 0.416 e. The van der Waals surface area contributed by atoms with Gasteiger partial charge in [-0.1, -0.05) is 12.1 Å². The van der Waals surface area contributed by atoms with E-state index in [0.717, 1.165) is 24.3 Å². The molecule has 7 nitrogen and oxygen atoms in total. The zero-order chi connectivity index (χ0) is 26.1. The van der Waals surface area contributed by atoms with Gasteiger partial charge in [0.25, 0.3) is 0 Å². The molecule has 1 aromatic heterocycles. The molecule has 1 N–H and O–H groups in total. The van der Waals surface area contributed by atoms with Crippen molar-refractivity contribution in [1.29, 1.82) is 0 Å². The Hall–Kier alpha value is -3.86. The largest absolute Gasteiger partial charge is 0.467 e. The van der Waals surface area contributed by atoms with Gasteiger partial charge in [0.2, 0.25) is 5.91 Å². The van der Waals surface area contributed by atoms with Crippen LogP contribution in [0, 0.1) is 5.82 Å². The molecule has 0 aliphatic heterocycles. The Balaban J connectivity index is 1.73. The molecule has 0 unspecified atom stereocenters. The van der Waals surface area contributed by atoms with E-state index < -0.39 is 29.5 Å². The minimum absolute atomic E-state index is 0.0554. The number of anilines is 1. The predicted octanol–water partition coefficient (Wildman–Crippen LogP) is 5.15. The Bertz CT molecular complexity index is 1120. The molecule has 3 amide bonds. The third-order valence-electron chi connectivity index (χ3n) is 5.21.